The maximum atomic E-state index is 11.6. The number of aliphatic carboxylic acids is 1. The summed E-state index contributed by atoms with van der Waals surface area (Å²) in [5.74, 6) is -0.469. The second-order valence-electron chi connectivity index (χ2n) is 5.95. The Morgan fingerprint density at radius 1 is 1.22 bits per heavy atom. The van der Waals surface area contributed by atoms with E-state index in [2.05, 4.69) is 38.3 Å². The van der Waals surface area contributed by atoms with E-state index in [1.165, 1.54) is 0 Å². The molecule has 0 aromatic carbocycles. The van der Waals surface area contributed by atoms with Crippen LogP contribution in [0.15, 0.2) is 0 Å². The van der Waals surface area contributed by atoms with Crippen LogP contribution < -0.4 is 10.6 Å². The Bertz CT molecular complexity index is 284. The van der Waals surface area contributed by atoms with Crippen molar-refractivity contribution in [2.24, 2.45) is 11.3 Å². The van der Waals surface area contributed by atoms with E-state index in [0.29, 0.717) is 18.9 Å². The van der Waals surface area contributed by atoms with Gasteiger partial charge in [-0.05, 0) is 24.7 Å². The molecule has 3 N–H and O–H groups in total. The number of nitrogens with one attached hydrogen (secondary N) is 2. The fourth-order valence-corrected chi connectivity index (χ4v) is 1.24. The van der Waals surface area contributed by atoms with Crippen LogP contribution in [0.3, 0.4) is 0 Å². The van der Waals surface area contributed by atoms with Crippen molar-refractivity contribution in [1.29, 1.82) is 0 Å². The highest BCUT2D eigenvalue weighted by molar-refractivity contribution is 5.74. The van der Waals surface area contributed by atoms with Crippen molar-refractivity contribution in [2.45, 2.75) is 53.5 Å². The average Bonchev–Trinajstić information content (AvgIpc) is 2.21. The molecule has 0 aliphatic heterocycles. The van der Waals surface area contributed by atoms with Gasteiger partial charge in [-0.1, -0.05) is 27.7 Å². The van der Waals surface area contributed by atoms with E-state index in [9.17, 15) is 9.59 Å². The van der Waals surface area contributed by atoms with Crippen LogP contribution in [-0.2, 0) is 4.79 Å². The largest absolute Gasteiger partial charge is 0.481 e. The fourth-order valence-electron chi connectivity index (χ4n) is 1.24. The molecule has 0 radical (unpaired) electrons. The van der Waals surface area contributed by atoms with E-state index in [1.807, 2.05) is 0 Å². The van der Waals surface area contributed by atoms with Crippen LogP contribution in [0.4, 0.5) is 4.79 Å². The Morgan fingerprint density at radius 2 is 1.78 bits per heavy atom. The van der Waals surface area contributed by atoms with Gasteiger partial charge in [0.05, 0.1) is 0 Å². The van der Waals surface area contributed by atoms with E-state index in [4.69, 9.17) is 5.11 Å². The van der Waals surface area contributed by atoms with Crippen molar-refractivity contribution < 1.29 is 14.7 Å². The second-order valence-corrected chi connectivity index (χ2v) is 5.95. The van der Waals surface area contributed by atoms with Crippen molar-refractivity contribution >= 4 is 12.0 Å². The maximum absolute atomic E-state index is 11.6. The predicted molar refractivity (Wildman–Crippen MR) is 71.5 cm³/mol. The lowest BCUT2D eigenvalue weighted by Gasteiger charge is -2.27. The average molecular weight is 258 g/mol. The summed E-state index contributed by atoms with van der Waals surface area (Å²) in [5.41, 5.74) is 0.155. The molecule has 2 amide bonds. The van der Waals surface area contributed by atoms with Crippen LogP contribution >= 0.6 is 0 Å². The molecule has 0 aliphatic carbocycles. The number of carbonyl (C=O) groups is 2. The van der Waals surface area contributed by atoms with E-state index >= 15 is 0 Å². The Morgan fingerprint density at radius 3 is 2.22 bits per heavy atom. The molecule has 0 spiro atoms. The van der Waals surface area contributed by atoms with E-state index < -0.39 is 5.97 Å². The maximum Gasteiger partial charge on any atom is 0.315 e. The Labute approximate surface area is 109 Å². The normalized spacial score (nSPS) is 14.7. The predicted octanol–water partition coefficient (Wildman–Crippen LogP) is 2.22. The van der Waals surface area contributed by atoms with E-state index in [1.54, 1.807) is 6.92 Å². The van der Waals surface area contributed by atoms with Crippen molar-refractivity contribution in [3.8, 4) is 0 Å². The summed E-state index contributed by atoms with van der Waals surface area (Å²) in [7, 11) is 0. The van der Waals surface area contributed by atoms with Gasteiger partial charge < -0.3 is 15.7 Å². The van der Waals surface area contributed by atoms with Crippen molar-refractivity contribution in [3.05, 3.63) is 0 Å². The number of carbonyl (C=O) groups excluding carboxylic acids is 1. The first kappa shape index (κ1) is 16.7. The fraction of sp³-hybridized carbons (Fsp3) is 0.846. The SMILES string of the molecule is CC(CCC(=O)O)NC(=O)NCC(C)C(C)(C)C. The molecule has 2 unspecified atom stereocenters. The zero-order chi connectivity index (χ0) is 14.3. The monoisotopic (exact) mass is 258 g/mol. The van der Waals surface area contributed by atoms with Gasteiger partial charge in [-0.3, -0.25) is 4.79 Å². The molecule has 0 saturated carbocycles. The lowest BCUT2D eigenvalue weighted by molar-refractivity contribution is -0.137. The molecule has 0 saturated heterocycles. The quantitative estimate of drug-likeness (QED) is 0.683. The minimum atomic E-state index is -0.842. The molecule has 0 heterocycles. The molecular formula is C13H26N2O3. The molecular weight excluding hydrogens is 232 g/mol. The molecule has 18 heavy (non-hydrogen) atoms. The number of carboxylic acids is 1. The van der Waals surface area contributed by atoms with Gasteiger partial charge in [0.1, 0.15) is 0 Å². The zero-order valence-electron chi connectivity index (χ0n) is 12.0. The Hall–Kier alpha value is -1.26. The molecule has 0 bridgehead atoms. The van der Waals surface area contributed by atoms with Gasteiger partial charge in [-0.2, -0.15) is 0 Å². The van der Waals surface area contributed by atoms with Gasteiger partial charge in [-0.25, -0.2) is 4.79 Å². The molecule has 0 rings (SSSR count). The summed E-state index contributed by atoms with van der Waals surface area (Å²) >= 11 is 0. The lowest BCUT2D eigenvalue weighted by atomic mass is 9.82. The summed E-state index contributed by atoms with van der Waals surface area (Å²) < 4.78 is 0. The molecule has 0 fully saturated rings. The van der Waals surface area contributed by atoms with E-state index in [-0.39, 0.29) is 23.9 Å². The van der Waals surface area contributed by atoms with Crippen LogP contribution in [0.5, 0.6) is 0 Å². The summed E-state index contributed by atoms with van der Waals surface area (Å²) in [6.07, 6.45) is 0.511. The summed E-state index contributed by atoms with van der Waals surface area (Å²) in [6.45, 7) is 10.9. The van der Waals surface area contributed by atoms with E-state index in [0.717, 1.165) is 0 Å². The second kappa shape index (κ2) is 7.24. The molecule has 2 atom stereocenters. The third kappa shape index (κ3) is 7.92. The van der Waals surface area contributed by atoms with Gasteiger partial charge in [0.25, 0.3) is 0 Å². The first-order chi connectivity index (χ1) is 8.12. The van der Waals surface area contributed by atoms with Gasteiger partial charge in [0.2, 0.25) is 0 Å². The molecule has 0 aromatic rings. The lowest BCUT2D eigenvalue weighted by Crippen LogP contribution is -2.43. The first-order valence-electron chi connectivity index (χ1n) is 6.39. The molecule has 106 valence electrons. The number of amides is 2. The van der Waals surface area contributed by atoms with Crippen molar-refractivity contribution in [2.75, 3.05) is 6.54 Å². The van der Waals surface area contributed by atoms with Crippen LogP contribution in [0.25, 0.3) is 0 Å². The summed E-state index contributed by atoms with van der Waals surface area (Å²) in [6, 6.07) is -0.366. The Kier molecular flexibility index (Phi) is 6.73. The Balaban J connectivity index is 3.87. The smallest absolute Gasteiger partial charge is 0.315 e. The van der Waals surface area contributed by atoms with Crippen LogP contribution in [0, 0.1) is 11.3 Å². The molecule has 0 aromatic heterocycles. The van der Waals surface area contributed by atoms with Crippen LogP contribution in [0.1, 0.15) is 47.5 Å². The van der Waals surface area contributed by atoms with Gasteiger partial charge in [0, 0.05) is 19.0 Å². The van der Waals surface area contributed by atoms with Gasteiger partial charge in [0.15, 0.2) is 0 Å². The third-order valence-corrected chi connectivity index (χ3v) is 3.22. The number of hydrogen-bond donors (Lipinski definition) is 3. The van der Waals surface area contributed by atoms with Gasteiger partial charge >= 0.3 is 12.0 Å². The van der Waals surface area contributed by atoms with Crippen LogP contribution in [0.2, 0.25) is 0 Å². The molecule has 5 heteroatoms. The topological polar surface area (TPSA) is 78.4 Å². The number of rotatable bonds is 6. The van der Waals surface area contributed by atoms with Crippen molar-refractivity contribution in [3.63, 3.8) is 0 Å². The molecule has 0 aliphatic rings. The zero-order valence-corrected chi connectivity index (χ0v) is 12.0. The third-order valence-electron chi connectivity index (χ3n) is 3.22. The highest BCUT2D eigenvalue weighted by Crippen LogP contribution is 2.24. The first-order valence-corrected chi connectivity index (χ1v) is 6.39. The summed E-state index contributed by atoms with van der Waals surface area (Å²) in [5, 5.41) is 14.1. The highest BCUT2D eigenvalue weighted by atomic mass is 16.4. The standard InChI is InChI=1S/C13H26N2O3/c1-9(13(3,4)5)8-14-12(18)15-10(2)6-7-11(16)17/h9-10H,6-8H2,1-5H3,(H,16,17)(H2,14,15,18). The van der Waals surface area contributed by atoms with Crippen molar-refractivity contribution in [1.82, 2.24) is 10.6 Å². The highest BCUT2D eigenvalue weighted by Gasteiger charge is 2.20. The number of carboxylic acid groups (broad SMARTS) is 1. The van der Waals surface area contributed by atoms with Gasteiger partial charge in [-0.15, -0.1) is 0 Å². The number of urea groups is 1. The molecule has 5 nitrogen and oxygen atoms in total. The minimum absolute atomic E-state index is 0.0693. The number of hydrogen-bond acceptors (Lipinski definition) is 2. The van der Waals surface area contributed by atoms with Crippen LogP contribution in [-0.4, -0.2) is 29.7 Å². The summed E-state index contributed by atoms with van der Waals surface area (Å²) in [4.78, 5) is 21.9. The minimum Gasteiger partial charge on any atom is -0.481 e.